The molecule has 17 heavy (non-hydrogen) atoms. The monoisotopic (exact) mass is 233 g/mol. The van der Waals surface area contributed by atoms with Crippen LogP contribution in [0.2, 0.25) is 0 Å². The molecule has 2 heteroatoms. The van der Waals surface area contributed by atoms with E-state index >= 15 is 0 Å². The number of rotatable bonds is 4. The number of nitrogens with one attached hydrogen (secondary N) is 1. The lowest BCUT2D eigenvalue weighted by atomic mass is 9.90. The SMILES string of the molecule is CCC(C)(C)CNC(=O)c1ccc(C)cc1C. The van der Waals surface area contributed by atoms with Crippen LogP contribution in [0, 0.1) is 19.3 Å². The van der Waals surface area contributed by atoms with E-state index in [9.17, 15) is 4.79 Å². The maximum Gasteiger partial charge on any atom is 0.251 e. The van der Waals surface area contributed by atoms with E-state index in [4.69, 9.17) is 0 Å². The third kappa shape index (κ3) is 3.88. The zero-order valence-corrected chi connectivity index (χ0v) is 11.6. The van der Waals surface area contributed by atoms with Gasteiger partial charge in [-0.25, -0.2) is 0 Å². The van der Waals surface area contributed by atoms with Crippen LogP contribution in [0.15, 0.2) is 18.2 Å². The summed E-state index contributed by atoms with van der Waals surface area (Å²) in [5.41, 5.74) is 3.17. The summed E-state index contributed by atoms with van der Waals surface area (Å²) in [6.45, 7) is 11.2. The highest BCUT2D eigenvalue weighted by molar-refractivity contribution is 5.95. The molecule has 0 saturated heterocycles. The van der Waals surface area contributed by atoms with Crippen LogP contribution in [0.1, 0.15) is 48.7 Å². The van der Waals surface area contributed by atoms with E-state index < -0.39 is 0 Å². The summed E-state index contributed by atoms with van der Waals surface area (Å²) in [5.74, 6) is 0.0315. The Morgan fingerprint density at radius 3 is 2.47 bits per heavy atom. The van der Waals surface area contributed by atoms with Gasteiger partial charge in [0.15, 0.2) is 0 Å². The van der Waals surface area contributed by atoms with Gasteiger partial charge in [-0.05, 0) is 37.3 Å². The van der Waals surface area contributed by atoms with Crippen molar-refractivity contribution in [3.8, 4) is 0 Å². The van der Waals surface area contributed by atoms with Crippen molar-refractivity contribution in [2.24, 2.45) is 5.41 Å². The fraction of sp³-hybridized carbons (Fsp3) is 0.533. The van der Waals surface area contributed by atoms with Gasteiger partial charge in [0.2, 0.25) is 0 Å². The summed E-state index contributed by atoms with van der Waals surface area (Å²) < 4.78 is 0. The smallest absolute Gasteiger partial charge is 0.251 e. The summed E-state index contributed by atoms with van der Waals surface area (Å²) in [4.78, 5) is 12.0. The lowest BCUT2D eigenvalue weighted by Gasteiger charge is -2.23. The Bertz CT molecular complexity index is 407. The summed E-state index contributed by atoms with van der Waals surface area (Å²) >= 11 is 0. The molecule has 0 radical (unpaired) electrons. The van der Waals surface area contributed by atoms with E-state index in [-0.39, 0.29) is 11.3 Å². The molecule has 94 valence electrons. The fourth-order valence-corrected chi connectivity index (χ4v) is 1.61. The Labute approximate surface area is 104 Å². The van der Waals surface area contributed by atoms with Crippen LogP contribution >= 0.6 is 0 Å². The Morgan fingerprint density at radius 2 is 1.94 bits per heavy atom. The van der Waals surface area contributed by atoms with Crippen LogP contribution in [-0.2, 0) is 0 Å². The first-order valence-corrected chi connectivity index (χ1v) is 6.21. The predicted octanol–water partition coefficient (Wildman–Crippen LogP) is 3.47. The molecule has 0 atom stereocenters. The minimum atomic E-state index is 0.0315. The second-order valence-electron chi connectivity index (χ2n) is 5.52. The van der Waals surface area contributed by atoms with E-state index in [1.165, 1.54) is 5.56 Å². The van der Waals surface area contributed by atoms with Gasteiger partial charge in [-0.3, -0.25) is 4.79 Å². The topological polar surface area (TPSA) is 29.1 Å². The van der Waals surface area contributed by atoms with Crippen molar-refractivity contribution >= 4 is 5.91 Å². The zero-order chi connectivity index (χ0) is 13.1. The molecule has 0 aromatic heterocycles. The van der Waals surface area contributed by atoms with Gasteiger partial charge >= 0.3 is 0 Å². The van der Waals surface area contributed by atoms with Crippen molar-refractivity contribution in [1.29, 1.82) is 0 Å². The Balaban J connectivity index is 2.71. The fourth-order valence-electron chi connectivity index (χ4n) is 1.61. The van der Waals surface area contributed by atoms with Gasteiger partial charge in [0.05, 0.1) is 0 Å². The lowest BCUT2D eigenvalue weighted by Crippen LogP contribution is -2.33. The van der Waals surface area contributed by atoms with Crippen LogP contribution in [0.5, 0.6) is 0 Å². The maximum atomic E-state index is 12.0. The van der Waals surface area contributed by atoms with Crippen molar-refractivity contribution in [3.63, 3.8) is 0 Å². The van der Waals surface area contributed by atoms with Crippen LogP contribution in [0.25, 0.3) is 0 Å². The van der Waals surface area contributed by atoms with E-state index in [0.29, 0.717) is 0 Å². The molecule has 0 bridgehead atoms. The van der Waals surface area contributed by atoms with Gasteiger partial charge in [0, 0.05) is 12.1 Å². The molecule has 1 aromatic carbocycles. The number of hydrogen-bond acceptors (Lipinski definition) is 1. The van der Waals surface area contributed by atoms with Crippen LogP contribution < -0.4 is 5.32 Å². The van der Waals surface area contributed by atoms with Crippen LogP contribution in [-0.4, -0.2) is 12.5 Å². The average molecular weight is 233 g/mol. The third-order valence-corrected chi connectivity index (χ3v) is 3.31. The lowest BCUT2D eigenvalue weighted by molar-refractivity contribution is 0.0935. The van der Waals surface area contributed by atoms with E-state index in [0.717, 1.165) is 24.1 Å². The molecule has 0 aliphatic rings. The van der Waals surface area contributed by atoms with Gasteiger partial charge in [-0.15, -0.1) is 0 Å². The zero-order valence-electron chi connectivity index (χ0n) is 11.6. The molecule has 1 amide bonds. The highest BCUT2D eigenvalue weighted by atomic mass is 16.1. The maximum absolute atomic E-state index is 12.0. The highest BCUT2D eigenvalue weighted by Gasteiger charge is 2.17. The Kier molecular flexibility index (Phi) is 4.33. The van der Waals surface area contributed by atoms with Crippen molar-refractivity contribution in [2.75, 3.05) is 6.54 Å². The molecule has 1 rings (SSSR count). The number of aryl methyl sites for hydroxylation is 2. The van der Waals surface area contributed by atoms with Crippen molar-refractivity contribution in [1.82, 2.24) is 5.32 Å². The van der Waals surface area contributed by atoms with Gasteiger partial charge in [0.1, 0.15) is 0 Å². The normalized spacial score (nSPS) is 11.4. The highest BCUT2D eigenvalue weighted by Crippen LogP contribution is 2.18. The number of amides is 1. The molecule has 0 aliphatic carbocycles. The van der Waals surface area contributed by atoms with Gasteiger partial charge in [0.25, 0.3) is 5.91 Å². The van der Waals surface area contributed by atoms with Crippen LogP contribution in [0.3, 0.4) is 0 Å². The van der Waals surface area contributed by atoms with Gasteiger partial charge in [-0.1, -0.05) is 38.5 Å². The van der Waals surface area contributed by atoms with Crippen molar-refractivity contribution in [2.45, 2.75) is 41.0 Å². The first-order chi connectivity index (χ1) is 7.85. The van der Waals surface area contributed by atoms with Crippen molar-refractivity contribution < 1.29 is 4.79 Å². The van der Waals surface area contributed by atoms with E-state index in [2.05, 4.69) is 26.1 Å². The quantitative estimate of drug-likeness (QED) is 0.847. The van der Waals surface area contributed by atoms with Gasteiger partial charge in [-0.2, -0.15) is 0 Å². The van der Waals surface area contributed by atoms with E-state index in [1.54, 1.807) is 0 Å². The average Bonchev–Trinajstić information content (AvgIpc) is 2.26. The number of benzene rings is 1. The summed E-state index contributed by atoms with van der Waals surface area (Å²) in [6.07, 6.45) is 1.06. The van der Waals surface area contributed by atoms with Crippen molar-refractivity contribution in [3.05, 3.63) is 34.9 Å². The molecule has 0 fully saturated rings. The number of carbonyl (C=O) groups is 1. The molecule has 0 spiro atoms. The second-order valence-corrected chi connectivity index (χ2v) is 5.52. The van der Waals surface area contributed by atoms with Gasteiger partial charge < -0.3 is 5.32 Å². The molecule has 0 saturated carbocycles. The minimum Gasteiger partial charge on any atom is -0.351 e. The molecule has 0 heterocycles. The number of hydrogen-bond donors (Lipinski definition) is 1. The first kappa shape index (κ1) is 13.8. The summed E-state index contributed by atoms with van der Waals surface area (Å²) in [5, 5.41) is 3.01. The molecule has 0 aliphatic heterocycles. The minimum absolute atomic E-state index is 0.0315. The summed E-state index contributed by atoms with van der Waals surface area (Å²) in [6, 6.07) is 5.92. The molecule has 1 aromatic rings. The molecule has 0 unspecified atom stereocenters. The molecule has 1 N–H and O–H groups in total. The van der Waals surface area contributed by atoms with Crippen LogP contribution in [0.4, 0.5) is 0 Å². The molecule has 2 nitrogen and oxygen atoms in total. The predicted molar refractivity (Wildman–Crippen MR) is 72.3 cm³/mol. The Morgan fingerprint density at radius 1 is 1.29 bits per heavy atom. The third-order valence-electron chi connectivity index (χ3n) is 3.31. The standard InChI is InChI=1S/C15H23NO/c1-6-15(4,5)10-16-14(17)13-8-7-11(2)9-12(13)3/h7-9H,6,10H2,1-5H3,(H,16,17). The molecular weight excluding hydrogens is 210 g/mol. The molecular formula is C15H23NO. The first-order valence-electron chi connectivity index (χ1n) is 6.21. The van der Waals surface area contributed by atoms with E-state index in [1.807, 2.05) is 32.0 Å². The number of carbonyl (C=O) groups excluding carboxylic acids is 1. The summed E-state index contributed by atoms with van der Waals surface area (Å²) in [7, 11) is 0. The Hall–Kier alpha value is -1.31. The largest absolute Gasteiger partial charge is 0.351 e. The second kappa shape index (κ2) is 5.35.